The molecular formula is C18H26N2O3. The largest absolute Gasteiger partial charge is 0.376 e. The van der Waals surface area contributed by atoms with Crippen molar-refractivity contribution >= 4 is 5.91 Å². The second-order valence-corrected chi connectivity index (χ2v) is 6.62. The van der Waals surface area contributed by atoms with E-state index in [1.54, 1.807) is 12.4 Å². The van der Waals surface area contributed by atoms with E-state index in [2.05, 4.69) is 11.9 Å². The molecule has 0 aliphatic carbocycles. The molecule has 2 aliphatic heterocycles. The highest BCUT2D eigenvalue weighted by Gasteiger charge is 2.54. The van der Waals surface area contributed by atoms with Crippen molar-refractivity contribution in [2.24, 2.45) is 5.92 Å². The minimum atomic E-state index is -0.153. The molecule has 1 spiro atoms. The van der Waals surface area contributed by atoms with Crippen molar-refractivity contribution < 1.29 is 14.3 Å². The van der Waals surface area contributed by atoms with Gasteiger partial charge in [-0.3, -0.25) is 9.78 Å². The number of unbranched alkanes of at least 4 members (excludes halogenated alkanes) is 1. The van der Waals surface area contributed by atoms with Gasteiger partial charge in [-0.2, -0.15) is 0 Å². The number of carbonyl (C=O) groups excluding carboxylic acids is 1. The van der Waals surface area contributed by atoms with E-state index in [0.717, 1.165) is 44.5 Å². The van der Waals surface area contributed by atoms with Gasteiger partial charge in [0, 0.05) is 31.3 Å². The molecule has 2 saturated heterocycles. The predicted molar refractivity (Wildman–Crippen MR) is 86.8 cm³/mol. The second kappa shape index (κ2) is 7.41. The molecule has 5 heteroatoms. The third kappa shape index (κ3) is 3.72. The quantitative estimate of drug-likeness (QED) is 0.775. The Balaban J connectivity index is 1.45. The van der Waals surface area contributed by atoms with Gasteiger partial charge in [-0.05, 0) is 30.5 Å². The number of pyridine rings is 1. The predicted octanol–water partition coefficient (Wildman–Crippen LogP) is 2.41. The summed E-state index contributed by atoms with van der Waals surface area (Å²) in [6.45, 7) is 5.66. The fourth-order valence-corrected chi connectivity index (χ4v) is 3.43. The number of nitrogens with zero attached hydrogens (tertiary/aromatic N) is 2. The smallest absolute Gasteiger partial charge is 0.222 e. The van der Waals surface area contributed by atoms with Crippen LogP contribution < -0.4 is 0 Å². The average Bonchev–Trinajstić information content (AvgIpc) is 2.96. The maximum Gasteiger partial charge on any atom is 0.222 e. The summed E-state index contributed by atoms with van der Waals surface area (Å²) in [5.74, 6) is 0.656. The molecule has 0 bridgehead atoms. The molecule has 2 fully saturated rings. The van der Waals surface area contributed by atoms with Gasteiger partial charge in [0.05, 0.1) is 26.3 Å². The van der Waals surface area contributed by atoms with E-state index in [4.69, 9.17) is 9.47 Å². The minimum Gasteiger partial charge on any atom is -0.376 e. The molecule has 3 heterocycles. The molecule has 0 N–H and O–H groups in total. The lowest BCUT2D eigenvalue weighted by molar-refractivity contribution is -0.169. The van der Waals surface area contributed by atoms with E-state index < -0.39 is 0 Å². The van der Waals surface area contributed by atoms with Crippen molar-refractivity contribution in [2.75, 3.05) is 26.3 Å². The van der Waals surface area contributed by atoms with Gasteiger partial charge in [-0.1, -0.05) is 13.3 Å². The highest BCUT2D eigenvalue weighted by molar-refractivity contribution is 5.77. The summed E-state index contributed by atoms with van der Waals surface area (Å²) in [5, 5.41) is 0. The first-order valence-electron chi connectivity index (χ1n) is 8.62. The summed E-state index contributed by atoms with van der Waals surface area (Å²) < 4.78 is 11.9. The van der Waals surface area contributed by atoms with E-state index in [-0.39, 0.29) is 11.5 Å². The molecule has 1 amide bonds. The van der Waals surface area contributed by atoms with Crippen LogP contribution in [0.1, 0.15) is 38.2 Å². The fourth-order valence-electron chi connectivity index (χ4n) is 3.43. The number of aromatic nitrogens is 1. The topological polar surface area (TPSA) is 51.7 Å². The van der Waals surface area contributed by atoms with Gasteiger partial charge in [-0.15, -0.1) is 0 Å². The molecular weight excluding hydrogens is 292 g/mol. The molecule has 1 aromatic heterocycles. The number of ether oxygens (including phenoxy) is 2. The first kappa shape index (κ1) is 16.4. The van der Waals surface area contributed by atoms with Crippen molar-refractivity contribution in [3.8, 4) is 0 Å². The highest BCUT2D eigenvalue weighted by Crippen LogP contribution is 2.40. The molecule has 3 rings (SSSR count). The Hall–Kier alpha value is -1.46. The molecule has 1 atom stereocenters. The third-order valence-corrected chi connectivity index (χ3v) is 4.95. The Labute approximate surface area is 138 Å². The van der Waals surface area contributed by atoms with Crippen molar-refractivity contribution in [1.82, 2.24) is 9.88 Å². The van der Waals surface area contributed by atoms with Crippen molar-refractivity contribution in [3.05, 3.63) is 30.1 Å². The van der Waals surface area contributed by atoms with Gasteiger partial charge in [0.2, 0.25) is 5.91 Å². The zero-order chi connectivity index (χ0) is 16.1. The lowest BCUT2D eigenvalue weighted by Crippen LogP contribution is -2.66. The summed E-state index contributed by atoms with van der Waals surface area (Å²) in [4.78, 5) is 18.0. The second-order valence-electron chi connectivity index (χ2n) is 6.62. The molecule has 1 aromatic rings. The normalized spacial score (nSPS) is 22.3. The summed E-state index contributed by atoms with van der Waals surface area (Å²) >= 11 is 0. The first-order chi connectivity index (χ1) is 11.2. The Morgan fingerprint density at radius 1 is 1.43 bits per heavy atom. The lowest BCUT2D eigenvalue weighted by atomic mass is 9.81. The highest BCUT2D eigenvalue weighted by atomic mass is 16.5. The number of likely N-dealkylation sites (tertiary alicyclic amines) is 1. The van der Waals surface area contributed by atoms with Gasteiger partial charge in [0.15, 0.2) is 0 Å². The van der Waals surface area contributed by atoms with Crippen molar-refractivity contribution in [1.29, 1.82) is 0 Å². The molecule has 0 radical (unpaired) electrons. The van der Waals surface area contributed by atoms with Gasteiger partial charge >= 0.3 is 0 Å². The molecule has 23 heavy (non-hydrogen) atoms. The maximum absolute atomic E-state index is 12.1. The number of hydrogen-bond donors (Lipinski definition) is 0. The van der Waals surface area contributed by atoms with Crippen molar-refractivity contribution in [2.45, 2.75) is 44.8 Å². The number of carbonyl (C=O) groups is 1. The van der Waals surface area contributed by atoms with Crippen molar-refractivity contribution in [3.63, 3.8) is 0 Å². The average molecular weight is 318 g/mol. The van der Waals surface area contributed by atoms with Crippen LogP contribution in [-0.2, 0) is 20.9 Å². The summed E-state index contributed by atoms with van der Waals surface area (Å²) in [5.41, 5.74) is 0.984. The van der Waals surface area contributed by atoms with E-state index in [9.17, 15) is 4.79 Å². The number of amides is 1. The zero-order valence-electron chi connectivity index (χ0n) is 13.9. The zero-order valence-corrected chi connectivity index (χ0v) is 13.9. The Kier molecular flexibility index (Phi) is 5.28. The van der Waals surface area contributed by atoms with Gasteiger partial charge < -0.3 is 14.4 Å². The van der Waals surface area contributed by atoms with Gasteiger partial charge in [0.1, 0.15) is 5.60 Å². The molecule has 126 valence electrons. The summed E-state index contributed by atoms with van der Waals surface area (Å²) in [6, 6.07) is 3.94. The minimum absolute atomic E-state index is 0.153. The monoisotopic (exact) mass is 318 g/mol. The first-order valence-corrected chi connectivity index (χ1v) is 8.62. The van der Waals surface area contributed by atoms with Crippen LogP contribution in [0.4, 0.5) is 0 Å². The number of rotatable bonds is 7. The van der Waals surface area contributed by atoms with Crippen LogP contribution in [0.3, 0.4) is 0 Å². The van der Waals surface area contributed by atoms with Crippen LogP contribution in [0.15, 0.2) is 24.5 Å². The van der Waals surface area contributed by atoms with Crippen LogP contribution in [0.2, 0.25) is 0 Å². The van der Waals surface area contributed by atoms with Gasteiger partial charge in [0.25, 0.3) is 0 Å². The fraction of sp³-hybridized carbons (Fsp3) is 0.667. The van der Waals surface area contributed by atoms with Crippen LogP contribution in [-0.4, -0.2) is 47.7 Å². The Morgan fingerprint density at radius 3 is 2.96 bits per heavy atom. The van der Waals surface area contributed by atoms with Crippen LogP contribution in [0.25, 0.3) is 0 Å². The van der Waals surface area contributed by atoms with E-state index in [1.807, 2.05) is 17.0 Å². The molecule has 0 aromatic carbocycles. The number of hydrogen-bond acceptors (Lipinski definition) is 4. The van der Waals surface area contributed by atoms with E-state index >= 15 is 0 Å². The Bertz CT molecular complexity index is 514. The standard InChI is InChI=1S/C18H26N2O3/c1-2-3-4-17(21)20-13-18(14-20)16(7-10-23-18)12-22-11-15-5-8-19-9-6-15/h5-6,8-9,16H,2-4,7,10-14H2,1H3/t16-/m1/s1. The van der Waals surface area contributed by atoms with E-state index in [1.165, 1.54) is 0 Å². The molecule has 2 aliphatic rings. The van der Waals surface area contributed by atoms with Gasteiger partial charge in [-0.25, -0.2) is 0 Å². The maximum atomic E-state index is 12.1. The van der Waals surface area contributed by atoms with Crippen LogP contribution in [0, 0.1) is 5.92 Å². The van der Waals surface area contributed by atoms with Crippen LogP contribution in [0.5, 0.6) is 0 Å². The lowest BCUT2D eigenvalue weighted by Gasteiger charge is -2.50. The SMILES string of the molecule is CCCCC(=O)N1CC2(C1)OCC[C@@H]2COCc1ccncc1. The summed E-state index contributed by atoms with van der Waals surface area (Å²) in [7, 11) is 0. The van der Waals surface area contributed by atoms with Crippen LogP contribution >= 0.6 is 0 Å². The summed E-state index contributed by atoms with van der Waals surface area (Å²) in [6.07, 6.45) is 7.28. The molecule has 5 nitrogen and oxygen atoms in total. The Morgan fingerprint density at radius 2 is 2.22 bits per heavy atom. The molecule has 0 unspecified atom stereocenters. The third-order valence-electron chi connectivity index (χ3n) is 4.95. The van der Waals surface area contributed by atoms with E-state index in [0.29, 0.717) is 25.6 Å². The molecule has 0 saturated carbocycles.